The van der Waals surface area contributed by atoms with Gasteiger partial charge < -0.3 is 19.7 Å². The van der Waals surface area contributed by atoms with Crippen LogP contribution in [0.25, 0.3) is 0 Å². The standard InChI is InChI=1S/C18H26N4O2/c1-3-21(4-2)7-8-22-14-16(13-20-22)19-12-15-5-6-17-18(11-15)24-10-9-23-17/h5-6,11,13-14,19H,3-4,7-10,12H2,1-2H3. The van der Waals surface area contributed by atoms with Crippen molar-refractivity contribution in [3.63, 3.8) is 0 Å². The van der Waals surface area contributed by atoms with Crippen LogP contribution < -0.4 is 14.8 Å². The first-order valence-corrected chi connectivity index (χ1v) is 8.65. The maximum Gasteiger partial charge on any atom is 0.161 e. The van der Waals surface area contributed by atoms with Crippen LogP contribution in [0.15, 0.2) is 30.6 Å². The Morgan fingerprint density at radius 1 is 1.17 bits per heavy atom. The topological polar surface area (TPSA) is 51.5 Å². The van der Waals surface area contributed by atoms with Crippen molar-refractivity contribution in [1.29, 1.82) is 0 Å². The highest BCUT2D eigenvalue weighted by atomic mass is 16.6. The molecule has 6 heteroatoms. The Morgan fingerprint density at radius 3 is 2.75 bits per heavy atom. The fourth-order valence-corrected chi connectivity index (χ4v) is 2.76. The minimum absolute atomic E-state index is 0.614. The van der Waals surface area contributed by atoms with Crippen LogP contribution in [0.2, 0.25) is 0 Å². The molecule has 24 heavy (non-hydrogen) atoms. The number of hydrogen-bond acceptors (Lipinski definition) is 5. The van der Waals surface area contributed by atoms with Crippen molar-refractivity contribution in [3.05, 3.63) is 36.2 Å². The Hall–Kier alpha value is -2.21. The van der Waals surface area contributed by atoms with Gasteiger partial charge in [-0.3, -0.25) is 4.68 Å². The normalized spacial score (nSPS) is 13.3. The zero-order valence-electron chi connectivity index (χ0n) is 14.5. The number of aromatic nitrogens is 2. The highest BCUT2D eigenvalue weighted by Crippen LogP contribution is 2.30. The van der Waals surface area contributed by atoms with E-state index in [2.05, 4.69) is 41.4 Å². The maximum atomic E-state index is 5.62. The summed E-state index contributed by atoms with van der Waals surface area (Å²) < 4.78 is 13.2. The van der Waals surface area contributed by atoms with E-state index in [-0.39, 0.29) is 0 Å². The second-order valence-corrected chi connectivity index (χ2v) is 5.85. The summed E-state index contributed by atoms with van der Waals surface area (Å²) in [7, 11) is 0. The molecule has 0 spiro atoms. The maximum absolute atomic E-state index is 5.62. The molecular formula is C18H26N4O2. The smallest absolute Gasteiger partial charge is 0.161 e. The molecule has 3 rings (SSSR count). The lowest BCUT2D eigenvalue weighted by molar-refractivity contribution is 0.171. The summed E-state index contributed by atoms with van der Waals surface area (Å²) in [5.74, 6) is 1.66. The predicted molar refractivity (Wildman–Crippen MR) is 94.8 cm³/mol. The lowest BCUT2D eigenvalue weighted by atomic mass is 10.2. The van der Waals surface area contributed by atoms with Gasteiger partial charge in [-0.05, 0) is 30.8 Å². The van der Waals surface area contributed by atoms with Crippen molar-refractivity contribution >= 4 is 5.69 Å². The van der Waals surface area contributed by atoms with E-state index in [0.29, 0.717) is 13.2 Å². The number of likely N-dealkylation sites (N-methyl/N-ethyl adjacent to an activating group) is 1. The van der Waals surface area contributed by atoms with Crippen molar-refractivity contribution in [2.45, 2.75) is 26.9 Å². The predicted octanol–water partition coefficient (Wildman–Crippen LogP) is 2.61. The Balaban J connectivity index is 1.52. The molecule has 0 aliphatic carbocycles. The number of ether oxygens (including phenoxy) is 2. The monoisotopic (exact) mass is 330 g/mol. The van der Waals surface area contributed by atoms with Crippen LogP contribution in [0.4, 0.5) is 5.69 Å². The number of hydrogen-bond donors (Lipinski definition) is 1. The molecule has 0 saturated carbocycles. The second-order valence-electron chi connectivity index (χ2n) is 5.85. The average molecular weight is 330 g/mol. The Morgan fingerprint density at radius 2 is 1.96 bits per heavy atom. The number of benzene rings is 1. The van der Waals surface area contributed by atoms with Crippen molar-refractivity contribution in [1.82, 2.24) is 14.7 Å². The lowest BCUT2D eigenvalue weighted by Gasteiger charge is -2.19. The molecule has 1 aromatic heterocycles. The minimum Gasteiger partial charge on any atom is -0.486 e. The largest absolute Gasteiger partial charge is 0.486 e. The molecule has 0 bridgehead atoms. The summed E-state index contributed by atoms with van der Waals surface area (Å²) in [6.07, 6.45) is 3.93. The van der Waals surface area contributed by atoms with Crippen molar-refractivity contribution in [3.8, 4) is 11.5 Å². The fraction of sp³-hybridized carbons (Fsp3) is 0.500. The van der Waals surface area contributed by atoms with Gasteiger partial charge >= 0.3 is 0 Å². The zero-order valence-corrected chi connectivity index (χ0v) is 14.5. The molecule has 0 unspecified atom stereocenters. The van der Waals surface area contributed by atoms with E-state index in [1.165, 1.54) is 0 Å². The van der Waals surface area contributed by atoms with Crippen LogP contribution in [0.5, 0.6) is 11.5 Å². The number of nitrogens with one attached hydrogen (secondary N) is 1. The van der Waals surface area contributed by atoms with Gasteiger partial charge in [-0.2, -0.15) is 5.10 Å². The van der Waals surface area contributed by atoms with Crippen LogP contribution >= 0.6 is 0 Å². The van der Waals surface area contributed by atoms with Crippen LogP contribution in [0, 0.1) is 0 Å². The van der Waals surface area contributed by atoms with Crippen LogP contribution in [-0.4, -0.2) is 47.5 Å². The first-order valence-electron chi connectivity index (χ1n) is 8.65. The third-order valence-electron chi connectivity index (χ3n) is 4.28. The molecule has 1 aliphatic heterocycles. The van der Waals surface area contributed by atoms with Gasteiger partial charge in [-0.15, -0.1) is 0 Å². The third-order valence-corrected chi connectivity index (χ3v) is 4.28. The molecule has 0 amide bonds. The van der Waals surface area contributed by atoms with E-state index >= 15 is 0 Å². The van der Waals surface area contributed by atoms with Gasteiger partial charge in [0, 0.05) is 19.3 Å². The van der Waals surface area contributed by atoms with Crippen molar-refractivity contribution in [2.24, 2.45) is 0 Å². The Labute approximate surface area is 143 Å². The Kier molecular flexibility index (Phi) is 5.59. The molecule has 2 heterocycles. The highest BCUT2D eigenvalue weighted by molar-refractivity contribution is 5.45. The van der Waals surface area contributed by atoms with Gasteiger partial charge in [0.1, 0.15) is 13.2 Å². The van der Waals surface area contributed by atoms with E-state index in [9.17, 15) is 0 Å². The summed E-state index contributed by atoms with van der Waals surface area (Å²) in [5, 5.41) is 7.83. The van der Waals surface area contributed by atoms with Crippen LogP contribution in [-0.2, 0) is 13.1 Å². The highest BCUT2D eigenvalue weighted by Gasteiger charge is 2.11. The molecule has 1 N–H and O–H groups in total. The molecule has 2 aromatic rings. The van der Waals surface area contributed by atoms with Crippen LogP contribution in [0.3, 0.4) is 0 Å². The molecule has 0 atom stereocenters. The van der Waals surface area contributed by atoms with Crippen molar-refractivity contribution in [2.75, 3.05) is 38.2 Å². The number of rotatable bonds is 8. The molecule has 6 nitrogen and oxygen atoms in total. The van der Waals surface area contributed by atoms with E-state index in [1.54, 1.807) is 0 Å². The molecule has 0 saturated heterocycles. The quantitative estimate of drug-likeness (QED) is 0.806. The average Bonchev–Trinajstić information content (AvgIpc) is 3.08. The third kappa shape index (κ3) is 4.20. The molecule has 0 radical (unpaired) electrons. The molecule has 0 fully saturated rings. The van der Waals surface area contributed by atoms with E-state index in [4.69, 9.17) is 9.47 Å². The summed E-state index contributed by atoms with van der Waals surface area (Å²) in [6, 6.07) is 6.07. The van der Waals surface area contributed by atoms with E-state index in [0.717, 1.165) is 55.5 Å². The fourth-order valence-electron chi connectivity index (χ4n) is 2.76. The SMILES string of the molecule is CCN(CC)CCn1cc(NCc2ccc3c(c2)OCCO3)cn1. The van der Waals surface area contributed by atoms with E-state index in [1.807, 2.05) is 23.0 Å². The van der Waals surface area contributed by atoms with E-state index < -0.39 is 0 Å². The first kappa shape index (κ1) is 16.6. The van der Waals surface area contributed by atoms with Crippen molar-refractivity contribution < 1.29 is 9.47 Å². The molecule has 130 valence electrons. The zero-order chi connectivity index (χ0) is 16.8. The first-order chi connectivity index (χ1) is 11.8. The van der Waals surface area contributed by atoms with Crippen LogP contribution in [0.1, 0.15) is 19.4 Å². The van der Waals surface area contributed by atoms with Gasteiger partial charge in [-0.25, -0.2) is 0 Å². The molecular weight excluding hydrogens is 304 g/mol. The summed E-state index contributed by atoms with van der Waals surface area (Å²) in [4.78, 5) is 2.39. The minimum atomic E-state index is 0.614. The molecule has 1 aliphatic rings. The number of anilines is 1. The molecule has 1 aromatic carbocycles. The number of nitrogens with zero attached hydrogens (tertiary/aromatic N) is 3. The van der Waals surface area contributed by atoms with Gasteiger partial charge in [0.25, 0.3) is 0 Å². The summed E-state index contributed by atoms with van der Waals surface area (Å²) in [5.41, 5.74) is 2.19. The summed E-state index contributed by atoms with van der Waals surface area (Å²) in [6.45, 7) is 10.4. The van der Waals surface area contributed by atoms with Gasteiger partial charge in [-0.1, -0.05) is 19.9 Å². The summed E-state index contributed by atoms with van der Waals surface area (Å²) >= 11 is 0. The lowest BCUT2D eigenvalue weighted by Crippen LogP contribution is -2.27. The van der Waals surface area contributed by atoms with Gasteiger partial charge in [0.2, 0.25) is 0 Å². The Bertz CT molecular complexity index is 652. The van der Waals surface area contributed by atoms with Gasteiger partial charge in [0.15, 0.2) is 11.5 Å². The second kappa shape index (κ2) is 8.06. The van der Waals surface area contributed by atoms with Gasteiger partial charge in [0.05, 0.1) is 18.4 Å². The number of fused-ring (bicyclic) bond motifs is 1.